The number of piperazine rings is 1. The van der Waals surface area contributed by atoms with E-state index in [1.165, 1.54) is 23.1 Å². The van der Waals surface area contributed by atoms with Gasteiger partial charge in [0, 0.05) is 36.7 Å². The van der Waals surface area contributed by atoms with Gasteiger partial charge in [0.15, 0.2) is 0 Å². The quantitative estimate of drug-likeness (QED) is 0.923. The summed E-state index contributed by atoms with van der Waals surface area (Å²) in [5.74, 6) is 0.595. The molecular formula is C14H21BrN2. The van der Waals surface area contributed by atoms with Crippen molar-refractivity contribution in [3.05, 3.63) is 34.3 Å². The van der Waals surface area contributed by atoms with Crippen molar-refractivity contribution >= 4 is 15.9 Å². The summed E-state index contributed by atoms with van der Waals surface area (Å²) < 4.78 is 1.18. The molecule has 1 aliphatic rings. The van der Waals surface area contributed by atoms with Crippen LogP contribution < -0.4 is 5.32 Å². The number of hydrogen-bond acceptors (Lipinski definition) is 2. The Labute approximate surface area is 113 Å². The van der Waals surface area contributed by atoms with E-state index in [0.29, 0.717) is 12.0 Å². The second kappa shape index (κ2) is 5.98. The Balaban J connectivity index is 1.94. The van der Waals surface area contributed by atoms with E-state index in [1.807, 2.05) is 0 Å². The lowest BCUT2D eigenvalue weighted by atomic mass is 10.0. The van der Waals surface area contributed by atoms with Gasteiger partial charge in [0.1, 0.15) is 0 Å². The van der Waals surface area contributed by atoms with Crippen molar-refractivity contribution in [3.63, 3.8) is 0 Å². The lowest BCUT2D eigenvalue weighted by Gasteiger charge is -2.33. The molecule has 1 heterocycles. The summed E-state index contributed by atoms with van der Waals surface area (Å²) in [6, 6.07) is 9.29. The van der Waals surface area contributed by atoms with E-state index < -0.39 is 0 Å². The molecule has 17 heavy (non-hydrogen) atoms. The molecule has 0 amide bonds. The SMILES string of the molecule is CC(CN1CCN[C@H](C)C1)c1cccc(Br)c1. The first-order chi connectivity index (χ1) is 8.15. The lowest BCUT2D eigenvalue weighted by molar-refractivity contribution is 0.199. The molecule has 0 aromatic heterocycles. The zero-order valence-corrected chi connectivity index (χ0v) is 12.2. The van der Waals surface area contributed by atoms with E-state index in [9.17, 15) is 0 Å². The zero-order chi connectivity index (χ0) is 12.3. The van der Waals surface area contributed by atoms with E-state index in [1.54, 1.807) is 0 Å². The Kier molecular flexibility index (Phi) is 4.60. The highest BCUT2D eigenvalue weighted by Crippen LogP contribution is 2.21. The summed E-state index contributed by atoms with van der Waals surface area (Å²) in [6.07, 6.45) is 0. The Morgan fingerprint density at radius 2 is 2.35 bits per heavy atom. The number of halogens is 1. The summed E-state index contributed by atoms with van der Waals surface area (Å²) in [6.45, 7) is 9.18. The Hall–Kier alpha value is -0.380. The normalized spacial score (nSPS) is 23.6. The number of rotatable bonds is 3. The third-order valence-electron chi connectivity index (χ3n) is 3.40. The van der Waals surface area contributed by atoms with Gasteiger partial charge in [0.2, 0.25) is 0 Å². The van der Waals surface area contributed by atoms with Crippen molar-refractivity contribution in [2.75, 3.05) is 26.2 Å². The van der Waals surface area contributed by atoms with Crippen LogP contribution in [-0.2, 0) is 0 Å². The monoisotopic (exact) mass is 296 g/mol. The molecule has 1 aliphatic heterocycles. The van der Waals surface area contributed by atoms with Crippen LogP contribution >= 0.6 is 15.9 Å². The zero-order valence-electron chi connectivity index (χ0n) is 10.6. The molecule has 0 spiro atoms. The molecule has 1 saturated heterocycles. The van der Waals surface area contributed by atoms with Gasteiger partial charge in [0.25, 0.3) is 0 Å². The minimum absolute atomic E-state index is 0.595. The van der Waals surface area contributed by atoms with Crippen molar-refractivity contribution in [2.24, 2.45) is 0 Å². The highest BCUT2D eigenvalue weighted by molar-refractivity contribution is 9.10. The van der Waals surface area contributed by atoms with E-state index in [4.69, 9.17) is 0 Å². The highest BCUT2D eigenvalue weighted by Gasteiger charge is 2.18. The number of nitrogens with one attached hydrogen (secondary N) is 1. The van der Waals surface area contributed by atoms with Gasteiger partial charge in [-0.25, -0.2) is 0 Å². The maximum atomic E-state index is 3.54. The first kappa shape index (κ1) is 13.1. The smallest absolute Gasteiger partial charge is 0.0178 e. The van der Waals surface area contributed by atoms with Crippen LogP contribution in [0.2, 0.25) is 0 Å². The first-order valence-electron chi connectivity index (χ1n) is 6.36. The van der Waals surface area contributed by atoms with Crippen LogP contribution in [0.4, 0.5) is 0 Å². The summed E-state index contributed by atoms with van der Waals surface area (Å²) in [5, 5.41) is 3.48. The molecule has 94 valence electrons. The molecule has 0 saturated carbocycles. The van der Waals surface area contributed by atoms with Gasteiger partial charge in [-0.15, -0.1) is 0 Å². The van der Waals surface area contributed by atoms with E-state index in [0.717, 1.165) is 13.1 Å². The highest BCUT2D eigenvalue weighted by atomic mass is 79.9. The number of benzene rings is 1. The van der Waals surface area contributed by atoms with Crippen LogP contribution in [0.1, 0.15) is 25.3 Å². The Bertz CT molecular complexity index is 367. The van der Waals surface area contributed by atoms with Crippen LogP contribution in [0, 0.1) is 0 Å². The lowest BCUT2D eigenvalue weighted by Crippen LogP contribution is -2.49. The fourth-order valence-electron chi connectivity index (χ4n) is 2.48. The Morgan fingerprint density at radius 3 is 3.06 bits per heavy atom. The van der Waals surface area contributed by atoms with Crippen molar-refractivity contribution < 1.29 is 0 Å². The predicted molar refractivity (Wildman–Crippen MR) is 76.5 cm³/mol. The average molecular weight is 297 g/mol. The van der Waals surface area contributed by atoms with Crippen LogP contribution in [0.25, 0.3) is 0 Å². The first-order valence-corrected chi connectivity index (χ1v) is 7.15. The predicted octanol–water partition coefficient (Wildman–Crippen LogP) is 2.85. The summed E-state index contributed by atoms with van der Waals surface area (Å²) >= 11 is 3.54. The minimum atomic E-state index is 0.595. The summed E-state index contributed by atoms with van der Waals surface area (Å²) in [7, 11) is 0. The largest absolute Gasteiger partial charge is 0.312 e. The van der Waals surface area contributed by atoms with E-state index in [-0.39, 0.29) is 0 Å². The van der Waals surface area contributed by atoms with Gasteiger partial charge < -0.3 is 5.32 Å². The Morgan fingerprint density at radius 1 is 1.53 bits per heavy atom. The average Bonchev–Trinajstić information content (AvgIpc) is 2.29. The molecule has 1 aromatic rings. The van der Waals surface area contributed by atoms with Gasteiger partial charge in [-0.3, -0.25) is 4.90 Å². The van der Waals surface area contributed by atoms with Crippen LogP contribution in [0.3, 0.4) is 0 Å². The molecule has 1 aromatic carbocycles. The molecule has 0 aliphatic carbocycles. The summed E-state index contributed by atoms with van der Waals surface area (Å²) in [4.78, 5) is 2.56. The van der Waals surface area contributed by atoms with E-state index in [2.05, 4.69) is 64.3 Å². The topological polar surface area (TPSA) is 15.3 Å². The fraction of sp³-hybridized carbons (Fsp3) is 0.571. The van der Waals surface area contributed by atoms with Crippen molar-refractivity contribution in [1.29, 1.82) is 0 Å². The maximum Gasteiger partial charge on any atom is 0.0178 e. The fourth-order valence-corrected chi connectivity index (χ4v) is 2.90. The standard InChI is InChI=1S/C14H21BrN2/c1-11(13-4-3-5-14(15)8-13)9-17-7-6-16-12(2)10-17/h3-5,8,11-12,16H,6-7,9-10H2,1-2H3/t11?,12-/m1/s1. The van der Waals surface area contributed by atoms with Gasteiger partial charge in [-0.2, -0.15) is 0 Å². The molecule has 0 radical (unpaired) electrons. The molecule has 1 N–H and O–H groups in total. The molecule has 3 heteroatoms. The van der Waals surface area contributed by atoms with Gasteiger partial charge >= 0.3 is 0 Å². The number of nitrogens with zero attached hydrogens (tertiary/aromatic N) is 1. The molecule has 2 rings (SSSR count). The van der Waals surface area contributed by atoms with Crippen LogP contribution in [0.5, 0.6) is 0 Å². The molecule has 1 unspecified atom stereocenters. The van der Waals surface area contributed by atoms with E-state index >= 15 is 0 Å². The number of hydrogen-bond donors (Lipinski definition) is 1. The molecule has 0 bridgehead atoms. The third-order valence-corrected chi connectivity index (χ3v) is 3.90. The van der Waals surface area contributed by atoms with Crippen LogP contribution in [-0.4, -0.2) is 37.1 Å². The van der Waals surface area contributed by atoms with Crippen molar-refractivity contribution in [2.45, 2.75) is 25.8 Å². The molecule has 2 atom stereocenters. The summed E-state index contributed by atoms with van der Waals surface area (Å²) in [5.41, 5.74) is 1.42. The molecule has 1 fully saturated rings. The maximum absolute atomic E-state index is 3.54. The molecule has 2 nitrogen and oxygen atoms in total. The second-order valence-electron chi connectivity index (χ2n) is 5.07. The van der Waals surface area contributed by atoms with Crippen LogP contribution in [0.15, 0.2) is 28.7 Å². The van der Waals surface area contributed by atoms with Gasteiger partial charge in [-0.05, 0) is 30.5 Å². The third kappa shape index (κ3) is 3.80. The van der Waals surface area contributed by atoms with Crippen molar-refractivity contribution in [1.82, 2.24) is 10.2 Å². The van der Waals surface area contributed by atoms with Gasteiger partial charge in [0.05, 0.1) is 0 Å². The van der Waals surface area contributed by atoms with Gasteiger partial charge in [-0.1, -0.05) is 35.0 Å². The van der Waals surface area contributed by atoms with Crippen molar-refractivity contribution in [3.8, 4) is 0 Å². The minimum Gasteiger partial charge on any atom is -0.312 e. The molecular weight excluding hydrogens is 276 g/mol. The second-order valence-corrected chi connectivity index (χ2v) is 5.99.